The molecule has 0 saturated carbocycles. The molecule has 7 heteroatoms. The molecule has 2 heterocycles. The van der Waals surface area contributed by atoms with Crippen molar-refractivity contribution in [3.63, 3.8) is 0 Å². The van der Waals surface area contributed by atoms with Gasteiger partial charge in [0, 0.05) is 13.1 Å². The van der Waals surface area contributed by atoms with Crippen LogP contribution >= 0.6 is 0 Å². The molecule has 0 aliphatic rings. The molecular formula is C24H25FN4O2. The van der Waals surface area contributed by atoms with Crippen LogP contribution in [0.4, 0.5) is 4.39 Å². The normalized spacial score (nSPS) is 11.9. The molecule has 4 aromatic rings. The Hall–Kier alpha value is -3.48. The first-order chi connectivity index (χ1) is 14.7. The molecule has 0 spiro atoms. The highest BCUT2D eigenvalue weighted by atomic mass is 19.1. The number of hydrogen-bond donors (Lipinski definition) is 0. The van der Waals surface area contributed by atoms with E-state index in [4.69, 9.17) is 0 Å². The number of rotatable bonds is 4. The Kier molecular flexibility index (Phi) is 5.13. The topological polar surface area (TPSA) is 61.8 Å². The number of nitrogens with zero attached hydrogens (tertiary/aromatic N) is 4. The second kappa shape index (κ2) is 7.65. The Morgan fingerprint density at radius 3 is 2.35 bits per heavy atom. The van der Waals surface area contributed by atoms with Crippen LogP contribution in [0, 0.1) is 5.82 Å². The lowest BCUT2D eigenvalue weighted by molar-refractivity contribution is 0.590. The van der Waals surface area contributed by atoms with Crippen molar-refractivity contribution in [3.05, 3.63) is 92.6 Å². The van der Waals surface area contributed by atoms with Gasteiger partial charge in [-0.05, 0) is 41.7 Å². The summed E-state index contributed by atoms with van der Waals surface area (Å²) in [5.74, 6) is -0.467. The number of imidazole rings is 1. The molecule has 2 aromatic carbocycles. The molecule has 0 fully saturated rings. The molecule has 0 atom stereocenters. The predicted molar refractivity (Wildman–Crippen MR) is 119 cm³/mol. The number of benzene rings is 2. The Labute approximate surface area is 179 Å². The highest BCUT2D eigenvalue weighted by Gasteiger charge is 2.19. The number of halogens is 1. The van der Waals surface area contributed by atoms with Gasteiger partial charge in [-0.1, -0.05) is 51.1 Å². The van der Waals surface area contributed by atoms with Crippen molar-refractivity contribution >= 4 is 11.2 Å². The fraction of sp³-hybridized carbons (Fsp3) is 0.292. The number of fused-ring (bicyclic) bond motifs is 1. The lowest BCUT2D eigenvalue weighted by Gasteiger charge is -2.19. The highest BCUT2D eigenvalue weighted by molar-refractivity contribution is 5.72. The smallest absolute Gasteiger partial charge is 0.320 e. The van der Waals surface area contributed by atoms with E-state index < -0.39 is 17.1 Å². The zero-order valence-electron chi connectivity index (χ0n) is 18.1. The first-order valence-electron chi connectivity index (χ1n) is 10.3. The third-order valence-electron chi connectivity index (χ3n) is 5.46. The third-order valence-corrected chi connectivity index (χ3v) is 5.46. The van der Waals surface area contributed by atoms with E-state index in [1.165, 1.54) is 28.3 Å². The number of hydrogen-bond acceptors (Lipinski definition) is 3. The minimum atomic E-state index is -0.537. The summed E-state index contributed by atoms with van der Waals surface area (Å²) >= 11 is 0. The van der Waals surface area contributed by atoms with Gasteiger partial charge in [0.2, 0.25) is 0 Å². The van der Waals surface area contributed by atoms with Crippen molar-refractivity contribution in [2.75, 3.05) is 0 Å². The number of aromatic nitrogens is 4. The summed E-state index contributed by atoms with van der Waals surface area (Å²) in [6.07, 6.45) is 1.55. The van der Waals surface area contributed by atoms with Crippen LogP contribution in [-0.4, -0.2) is 18.7 Å². The molecule has 0 saturated heterocycles. The van der Waals surface area contributed by atoms with Gasteiger partial charge in [-0.2, -0.15) is 0 Å². The average molecular weight is 420 g/mol. The van der Waals surface area contributed by atoms with E-state index in [1.54, 1.807) is 23.9 Å². The monoisotopic (exact) mass is 420 g/mol. The average Bonchev–Trinajstić information content (AvgIpc) is 3.11. The van der Waals surface area contributed by atoms with Crippen LogP contribution in [0.3, 0.4) is 0 Å². The van der Waals surface area contributed by atoms with Crippen molar-refractivity contribution in [1.29, 1.82) is 0 Å². The van der Waals surface area contributed by atoms with E-state index in [1.807, 2.05) is 12.1 Å². The van der Waals surface area contributed by atoms with Crippen LogP contribution in [0.25, 0.3) is 16.9 Å². The molecule has 0 aliphatic heterocycles. The SMILES string of the molecule is CCn1c(=O)c2c(ncn2Cc2ccc(C(C)(C)C)cc2)n(-c2cccc(F)c2)c1=O. The minimum Gasteiger partial charge on any atom is -0.320 e. The molecule has 0 bridgehead atoms. The van der Waals surface area contributed by atoms with Crippen molar-refractivity contribution in [2.45, 2.75) is 46.2 Å². The van der Waals surface area contributed by atoms with Gasteiger partial charge in [0.15, 0.2) is 11.2 Å². The van der Waals surface area contributed by atoms with E-state index in [0.29, 0.717) is 17.7 Å². The maximum Gasteiger partial charge on any atom is 0.337 e. The van der Waals surface area contributed by atoms with Crippen molar-refractivity contribution in [1.82, 2.24) is 18.7 Å². The van der Waals surface area contributed by atoms with Crippen LogP contribution < -0.4 is 11.2 Å². The van der Waals surface area contributed by atoms with Gasteiger partial charge < -0.3 is 4.57 Å². The van der Waals surface area contributed by atoms with Gasteiger partial charge in [0.25, 0.3) is 5.56 Å². The summed E-state index contributed by atoms with van der Waals surface area (Å²) in [4.78, 5) is 30.5. The molecule has 0 N–H and O–H groups in total. The van der Waals surface area contributed by atoms with Gasteiger partial charge in [0.1, 0.15) is 5.82 Å². The summed E-state index contributed by atoms with van der Waals surface area (Å²) in [6, 6.07) is 14.0. The van der Waals surface area contributed by atoms with Crippen LogP contribution in [0.15, 0.2) is 64.4 Å². The van der Waals surface area contributed by atoms with Crippen LogP contribution in [0.2, 0.25) is 0 Å². The first kappa shape index (κ1) is 20.8. The van der Waals surface area contributed by atoms with Gasteiger partial charge in [-0.15, -0.1) is 0 Å². The maximum atomic E-state index is 13.8. The van der Waals surface area contributed by atoms with Gasteiger partial charge in [-0.3, -0.25) is 9.36 Å². The molecule has 2 aromatic heterocycles. The molecule has 0 unspecified atom stereocenters. The Bertz CT molecular complexity index is 1370. The second-order valence-corrected chi connectivity index (χ2v) is 8.64. The predicted octanol–water partition coefficient (Wildman–Crippen LogP) is 3.85. The molecule has 0 radical (unpaired) electrons. The largest absolute Gasteiger partial charge is 0.337 e. The van der Waals surface area contributed by atoms with E-state index in [0.717, 1.165) is 10.1 Å². The minimum absolute atomic E-state index is 0.0517. The first-order valence-corrected chi connectivity index (χ1v) is 10.3. The summed E-state index contributed by atoms with van der Waals surface area (Å²) < 4.78 is 18.0. The fourth-order valence-corrected chi connectivity index (χ4v) is 3.73. The third kappa shape index (κ3) is 3.71. The molecule has 31 heavy (non-hydrogen) atoms. The summed E-state index contributed by atoms with van der Waals surface area (Å²) in [5.41, 5.74) is 2.21. The molecule has 4 rings (SSSR count). The summed E-state index contributed by atoms with van der Waals surface area (Å²) in [5, 5.41) is 0. The Morgan fingerprint density at radius 2 is 1.74 bits per heavy atom. The maximum absolute atomic E-state index is 13.8. The van der Waals surface area contributed by atoms with Crippen molar-refractivity contribution in [3.8, 4) is 5.69 Å². The van der Waals surface area contributed by atoms with Gasteiger partial charge >= 0.3 is 5.69 Å². The summed E-state index contributed by atoms with van der Waals surface area (Å²) in [7, 11) is 0. The Balaban J connectivity index is 1.88. The zero-order valence-corrected chi connectivity index (χ0v) is 18.1. The summed E-state index contributed by atoms with van der Waals surface area (Å²) in [6.45, 7) is 8.84. The Morgan fingerprint density at radius 1 is 1.03 bits per heavy atom. The standard InChI is InChI=1S/C24H25FN4O2/c1-5-28-22(30)20-21(29(23(28)31)19-8-6-7-18(25)13-19)26-15-27(20)14-16-9-11-17(12-10-16)24(2,3)4/h6-13,15H,5,14H2,1-4H3. The van der Waals surface area contributed by atoms with Crippen molar-refractivity contribution < 1.29 is 4.39 Å². The lowest BCUT2D eigenvalue weighted by Crippen LogP contribution is -2.39. The second-order valence-electron chi connectivity index (χ2n) is 8.64. The van der Waals surface area contributed by atoms with Crippen LogP contribution in [0.1, 0.15) is 38.8 Å². The molecule has 0 amide bonds. The van der Waals surface area contributed by atoms with E-state index in [-0.39, 0.29) is 17.6 Å². The quantitative estimate of drug-likeness (QED) is 0.504. The zero-order chi connectivity index (χ0) is 22.3. The van der Waals surface area contributed by atoms with E-state index in [9.17, 15) is 14.0 Å². The highest BCUT2D eigenvalue weighted by Crippen LogP contribution is 2.23. The fourth-order valence-electron chi connectivity index (χ4n) is 3.73. The van der Waals surface area contributed by atoms with Crippen LogP contribution in [-0.2, 0) is 18.5 Å². The molecular weight excluding hydrogens is 395 g/mol. The molecule has 0 aliphatic carbocycles. The van der Waals surface area contributed by atoms with Crippen molar-refractivity contribution in [2.24, 2.45) is 0 Å². The molecule has 160 valence electrons. The molecule has 6 nitrogen and oxygen atoms in total. The van der Waals surface area contributed by atoms with E-state index in [2.05, 4.69) is 37.9 Å². The lowest BCUT2D eigenvalue weighted by atomic mass is 9.87. The van der Waals surface area contributed by atoms with Gasteiger partial charge in [0.05, 0.1) is 12.0 Å². The van der Waals surface area contributed by atoms with Crippen LogP contribution in [0.5, 0.6) is 0 Å². The van der Waals surface area contributed by atoms with Gasteiger partial charge in [-0.25, -0.2) is 18.7 Å². The van der Waals surface area contributed by atoms with E-state index >= 15 is 0 Å².